The Morgan fingerprint density at radius 3 is 1.62 bits per heavy atom. The first-order valence-corrected chi connectivity index (χ1v) is 14.7. The Kier molecular flexibility index (Phi) is 6.82. The van der Waals surface area contributed by atoms with E-state index in [-0.39, 0.29) is 30.1 Å². The molecule has 1 unspecified atom stereocenters. The molecule has 193 valence electrons. The topological polar surface area (TPSA) is 64.1 Å². The summed E-state index contributed by atoms with van der Waals surface area (Å²) >= 11 is 0. The number of hydrogen-bond acceptors (Lipinski definition) is 5. The summed E-state index contributed by atoms with van der Waals surface area (Å²) in [6.07, 6.45) is -0.0141. The van der Waals surface area contributed by atoms with Gasteiger partial charge in [0.1, 0.15) is 5.66 Å². The fourth-order valence-electron chi connectivity index (χ4n) is 5.64. The molecular formula is C30H35N3O3P. The minimum atomic E-state index is -3.31. The molecule has 0 bridgehead atoms. The Morgan fingerprint density at radius 2 is 1.19 bits per heavy atom. The quantitative estimate of drug-likeness (QED) is 0.306. The van der Waals surface area contributed by atoms with Crippen LogP contribution in [-0.4, -0.2) is 35.5 Å². The zero-order valence-corrected chi connectivity index (χ0v) is 22.8. The second kappa shape index (κ2) is 9.92. The van der Waals surface area contributed by atoms with E-state index in [2.05, 4.69) is 27.7 Å². The van der Waals surface area contributed by atoms with Gasteiger partial charge in [0, 0.05) is 30.9 Å². The molecule has 7 heteroatoms. The fraction of sp³-hybridized carbons (Fsp3) is 0.333. The van der Waals surface area contributed by atoms with Crippen molar-refractivity contribution in [3.8, 4) is 0 Å². The average Bonchev–Trinajstić information content (AvgIpc) is 3.40. The minimum absolute atomic E-state index is 0.0141. The highest BCUT2D eigenvalue weighted by molar-refractivity contribution is 7.75. The van der Waals surface area contributed by atoms with Crippen molar-refractivity contribution < 1.29 is 14.5 Å². The third kappa shape index (κ3) is 4.22. The summed E-state index contributed by atoms with van der Waals surface area (Å²) in [4.78, 5) is 42.1. The molecule has 2 saturated heterocycles. The smallest absolute Gasteiger partial charge is 0.247 e. The van der Waals surface area contributed by atoms with Crippen LogP contribution in [0.2, 0.25) is 0 Å². The zero-order valence-electron chi connectivity index (χ0n) is 21.9. The van der Waals surface area contributed by atoms with Crippen LogP contribution < -0.4 is 14.2 Å². The Labute approximate surface area is 220 Å². The number of carbonyl (C=O) groups excluding carboxylic acids is 2. The molecule has 6 nitrogen and oxygen atoms in total. The van der Waals surface area contributed by atoms with Crippen molar-refractivity contribution in [3.63, 3.8) is 0 Å². The van der Waals surface area contributed by atoms with Crippen molar-refractivity contribution in [2.45, 2.75) is 51.6 Å². The van der Waals surface area contributed by atoms with Crippen molar-refractivity contribution >= 4 is 36.7 Å². The SMILES string of the molecule is CC(C)c1cccc(C(C)C)c1N1C(=O)CC([P]2(O)N(c3ccccc3)CCN2c2ccccc2)C1=O. The van der Waals surface area contributed by atoms with Crippen LogP contribution in [0.3, 0.4) is 0 Å². The van der Waals surface area contributed by atoms with Crippen molar-refractivity contribution in [3.05, 3.63) is 90.0 Å². The van der Waals surface area contributed by atoms with Gasteiger partial charge in [0.2, 0.25) is 11.8 Å². The number of hydrogen-bond donors (Lipinski definition) is 1. The van der Waals surface area contributed by atoms with E-state index in [4.69, 9.17) is 0 Å². The Hall–Kier alpha value is -3.21. The molecule has 2 fully saturated rings. The van der Waals surface area contributed by atoms with E-state index >= 15 is 0 Å². The van der Waals surface area contributed by atoms with Gasteiger partial charge in [0.05, 0.1) is 5.69 Å². The number of nitrogens with zero attached hydrogens (tertiary/aromatic N) is 3. The summed E-state index contributed by atoms with van der Waals surface area (Å²) in [5.41, 5.74) is 3.54. The first-order valence-electron chi connectivity index (χ1n) is 13.0. The van der Waals surface area contributed by atoms with Crippen molar-refractivity contribution in [2.24, 2.45) is 0 Å². The molecule has 2 aliphatic rings. The summed E-state index contributed by atoms with van der Waals surface area (Å²) in [7, 11) is -3.31. The second-order valence-electron chi connectivity index (χ2n) is 10.4. The molecule has 2 aliphatic heterocycles. The highest BCUT2D eigenvalue weighted by Crippen LogP contribution is 2.71. The number of anilines is 3. The Morgan fingerprint density at radius 1 is 0.730 bits per heavy atom. The maximum atomic E-state index is 14.3. The molecule has 37 heavy (non-hydrogen) atoms. The monoisotopic (exact) mass is 516 g/mol. The van der Waals surface area contributed by atoms with Gasteiger partial charge >= 0.3 is 0 Å². The van der Waals surface area contributed by atoms with Gasteiger partial charge in [0.25, 0.3) is 0 Å². The van der Waals surface area contributed by atoms with Gasteiger partial charge in [-0.05, 0) is 47.2 Å². The van der Waals surface area contributed by atoms with Crippen LogP contribution in [0, 0.1) is 0 Å². The summed E-state index contributed by atoms with van der Waals surface area (Å²) in [6.45, 7) is 9.46. The van der Waals surface area contributed by atoms with Crippen LogP contribution in [0.5, 0.6) is 0 Å². The number of para-hydroxylation sites is 3. The van der Waals surface area contributed by atoms with Crippen LogP contribution >= 0.6 is 7.79 Å². The van der Waals surface area contributed by atoms with Crippen LogP contribution in [0.15, 0.2) is 78.9 Å². The zero-order chi connectivity index (χ0) is 26.3. The lowest BCUT2D eigenvalue weighted by atomic mass is 9.92. The molecule has 2 amide bonds. The normalized spacial score (nSPS) is 19.5. The third-order valence-corrected chi connectivity index (χ3v) is 11.0. The molecular weight excluding hydrogens is 481 g/mol. The molecule has 0 saturated carbocycles. The van der Waals surface area contributed by atoms with E-state index in [0.29, 0.717) is 18.8 Å². The van der Waals surface area contributed by atoms with Gasteiger partial charge in [-0.25, -0.2) is 4.90 Å². The van der Waals surface area contributed by atoms with Crippen LogP contribution in [0.1, 0.15) is 57.1 Å². The number of amides is 2. The fourth-order valence-corrected chi connectivity index (χ4v) is 9.10. The van der Waals surface area contributed by atoms with E-state index in [1.54, 1.807) is 0 Å². The van der Waals surface area contributed by atoms with Gasteiger partial charge in [-0.1, -0.05) is 82.3 Å². The largest absolute Gasteiger partial charge is 0.345 e. The first-order chi connectivity index (χ1) is 17.7. The van der Waals surface area contributed by atoms with Crippen LogP contribution in [-0.2, 0) is 9.59 Å². The highest BCUT2D eigenvalue weighted by atomic mass is 31.2. The molecule has 1 atom stereocenters. The summed E-state index contributed by atoms with van der Waals surface area (Å²) in [5, 5.41) is 0. The lowest BCUT2D eigenvalue weighted by Gasteiger charge is -2.45. The maximum Gasteiger partial charge on any atom is 0.247 e. The van der Waals surface area contributed by atoms with Gasteiger partial charge in [-0.3, -0.25) is 9.59 Å². The van der Waals surface area contributed by atoms with E-state index in [1.165, 1.54) is 4.90 Å². The van der Waals surface area contributed by atoms with E-state index in [0.717, 1.165) is 22.5 Å². The Bertz CT molecular complexity index is 1220. The molecule has 2 heterocycles. The number of rotatable bonds is 6. The van der Waals surface area contributed by atoms with Gasteiger partial charge < -0.3 is 14.2 Å². The molecule has 3 aromatic carbocycles. The van der Waals surface area contributed by atoms with E-state index in [9.17, 15) is 14.5 Å². The third-order valence-electron chi connectivity index (χ3n) is 7.45. The summed E-state index contributed by atoms with van der Waals surface area (Å²) < 4.78 is 3.97. The minimum Gasteiger partial charge on any atom is -0.345 e. The lowest BCUT2D eigenvalue weighted by Crippen LogP contribution is -2.39. The molecule has 5 rings (SSSR count). The number of carbonyl (C=O) groups is 2. The maximum absolute atomic E-state index is 14.3. The van der Waals surface area contributed by atoms with Crippen molar-refractivity contribution in [1.82, 2.24) is 0 Å². The predicted molar refractivity (Wildman–Crippen MR) is 152 cm³/mol. The molecule has 3 aromatic rings. The van der Waals surface area contributed by atoms with Crippen LogP contribution in [0.4, 0.5) is 17.1 Å². The van der Waals surface area contributed by atoms with Gasteiger partial charge in [0.15, 0.2) is 7.79 Å². The number of benzene rings is 3. The van der Waals surface area contributed by atoms with Crippen molar-refractivity contribution in [2.75, 3.05) is 27.3 Å². The Balaban J connectivity index is 1.64. The second-order valence-corrected chi connectivity index (χ2v) is 13.2. The van der Waals surface area contributed by atoms with E-state index in [1.807, 2.05) is 88.2 Å². The predicted octanol–water partition coefficient (Wildman–Crippen LogP) is 6.35. The van der Waals surface area contributed by atoms with Crippen LogP contribution in [0.25, 0.3) is 0 Å². The molecule has 1 radical (unpaired) electrons. The lowest BCUT2D eigenvalue weighted by molar-refractivity contribution is -0.121. The molecule has 0 spiro atoms. The number of imide groups is 1. The molecule has 0 aromatic heterocycles. The highest BCUT2D eigenvalue weighted by Gasteiger charge is 2.59. The molecule has 0 aliphatic carbocycles. The summed E-state index contributed by atoms with van der Waals surface area (Å²) in [6, 6.07) is 25.5. The first kappa shape index (κ1) is 25.4. The molecule has 1 N–H and O–H groups in total. The standard InChI is InChI=1S/C30H35N3O3P/c1-21(2)25-16-11-17-26(22(3)4)29(25)33-28(34)20-27(30(33)35)37(36)31(23-12-7-5-8-13-23)18-19-32(37)24-14-9-6-10-15-24/h5-17,21-22,27,36H,18-20H2,1-4H3. The summed E-state index contributed by atoms with van der Waals surface area (Å²) in [5.74, 6) is -0.273. The van der Waals surface area contributed by atoms with Gasteiger partial charge in [-0.15, -0.1) is 0 Å². The van der Waals surface area contributed by atoms with Crippen molar-refractivity contribution in [1.29, 1.82) is 0 Å². The average molecular weight is 517 g/mol. The van der Waals surface area contributed by atoms with Gasteiger partial charge in [-0.2, -0.15) is 0 Å². The van der Waals surface area contributed by atoms with E-state index < -0.39 is 13.4 Å².